The monoisotopic (exact) mass is 382 g/mol. The fourth-order valence-electron chi connectivity index (χ4n) is 3.67. The second-order valence-corrected chi connectivity index (χ2v) is 7.78. The van der Waals surface area contributed by atoms with Crippen LogP contribution in [0.1, 0.15) is 53.0 Å². The molecule has 7 heteroatoms. The average molecular weight is 383 g/mol. The summed E-state index contributed by atoms with van der Waals surface area (Å²) in [6.07, 6.45) is 5.54. The van der Waals surface area contributed by atoms with Crippen molar-refractivity contribution in [3.05, 3.63) is 40.8 Å². The van der Waals surface area contributed by atoms with Crippen LogP contribution in [0.25, 0.3) is 0 Å². The molecule has 1 aliphatic rings. The van der Waals surface area contributed by atoms with Gasteiger partial charge in [-0.25, -0.2) is 4.98 Å². The second kappa shape index (κ2) is 8.54. The third-order valence-electron chi connectivity index (χ3n) is 5.43. The van der Waals surface area contributed by atoms with Gasteiger partial charge in [0.2, 0.25) is 5.95 Å². The van der Waals surface area contributed by atoms with Gasteiger partial charge in [-0.1, -0.05) is 0 Å². The first-order valence-electron chi connectivity index (χ1n) is 9.86. The highest BCUT2D eigenvalue weighted by atomic mass is 16.1. The Hall–Kier alpha value is -2.70. The fourth-order valence-corrected chi connectivity index (χ4v) is 3.67. The van der Waals surface area contributed by atoms with Crippen molar-refractivity contribution in [2.75, 3.05) is 24.3 Å². The van der Waals surface area contributed by atoms with Gasteiger partial charge in [0.25, 0.3) is 5.91 Å². The molecule has 2 aromatic rings. The van der Waals surface area contributed by atoms with Crippen LogP contribution in [-0.4, -0.2) is 47.0 Å². The number of hydrogen-bond acceptors (Lipinski definition) is 6. The number of hydrogen-bond donors (Lipinski definition) is 2. The van der Waals surface area contributed by atoms with Crippen molar-refractivity contribution in [3.8, 4) is 0 Å². The van der Waals surface area contributed by atoms with Gasteiger partial charge in [0, 0.05) is 49.3 Å². The minimum absolute atomic E-state index is 0.0323. The lowest BCUT2D eigenvalue weighted by molar-refractivity contribution is 0.0925. The molecule has 0 aromatic carbocycles. The molecule has 1 amide bonds. The Morgan fingerprint density at radius 3 is 2.36 bits per heavy atom. The topological polar surface area (TPSA) is 83.0 Å². The lowest BCUT2D eigenvalue weighted by Gasteiger charge is -2.30. The molecule has 0 unspecified atom stereocenters. The van der Waals surface area contributed by atoms with Crippen LogP contribution in [0.4, 0.5) is 11.8 Å². The molecular formula is C21H30N6O. The number of anilines is 2. The number of nitrogens with one attached hydrogen (secondary N) is 2. The molecule has 2 aromatic heterocycles. The molecule has 3 rings (SSSR count). The summed E-state index contributed by atoms with van der Waals surface area (Å²) in [6.45, 7) is 5.93. The Balaban J connectivity index is 1.56. The maximum absolute atomic E-state index is 12.5. The smallest absolute Gasteiger partial charge is 0.253 e. The number of pyridine rings is 1. The first kappa shape index (κ1) is 20.0. The predicted molar refractivity (Wildman–Crippen MR) is 112 cm³/mol. The molecule has 2 N–H and O–H groups in total. The average Bonchev–Trinajstić information content (AvgIpc) is 2.66. The van der Waals surface area contributed by atoms with Crippen molar-refractivity contribution >= 4 is 17.7 Å². The van der Waals surface area contributed by atoms with E-state index in [1.807, 2.05) is 45.8 Å². The zero-order chi connectivity index (χ0) is 20.3. The quantitative estimate of drug-likeness (QED) is 0.827. The Morgan fingerprint density at radius 1 is 1.04 bits per heavy atom. The standard InChI is InChI=1S/C21H30N6O/c1-13-14(2)23-21(26-19(13)27(4)5)25-17-10-8-16(9-11-17)24-20(28)18-7-6-12-22-15(18)3/h6-7,12,16-17H,8-11H2,1-5H3,(H,24,28)(H,23,25,26). The summed E-state index contributed by atoms with van der Waals surface area (Å²) in [7, 11) is 3.99. The molecule has 2 heterocycles. The van der Waals surface area contributed by atoms with Crippen molar-refractivity contribution in [2.24, 2.45) is 0 Å². The summed E-state index contributed by atoms with van der Waals surface area (Å²) in [5, 5.41) is 6.64. The molecule has 0 saturated heterocycles. The number of aryl methyl sites for hydroxylation is 2. The number of rotatable bonds is 5. The van der Waals surface area contributed by atoms with Gasteiger partial charge in [-0.3, -0.25) is 9.78 Å². The highest BCUT2D eigenvalue weighted by Gasteiger charge is 2.24. The minimum Gasteiger partial charge on any atom is -0.362 e. The molecular weight excluding hydrogens is 352 g/mol. The van der Waals surface area contributed by atoms with Crippen molar-refractivity contribution in [1.29, 1.82) is 0 Å². The van der Waals surface area contributed by atoms with E-state index in [4.69, 9.17) is 0 Å². The van der Waals surface area contributed by atoms with Crippen LogP contribution in [0, 0.1) is 20.8 Å². The highest BCUT2D eigenvalue weighted by Crippen LogP contribution is 2.24. The molecule has 1 aliphatic carbocycles. The maximum Gasteiger partial charge on any atom is 0.253 e. The van der Waals surface area contributed by atoms with E-state index < -0.39 is 0 Å². The van der Waals surface area contributed by atoms with E-state index >= 15 is 0 Å². The van der Waals surface area contributed by atoms with E-state index in [2.05, 4.69) is 25.6 Å². The molecule has 0 spiro atoms. The van der Waals surface area contributed by atoms with Crippen LogP contribution in [-0.2, 0) is 0 Å². The number of aromatic nitrogens is 3. The molecule has 0 atom stereocenters. The molecule has 150 valence electrons. The highest BCUT2D eigenvalue weighted by molar-refractivity contribution is 5.95. The number of carbonyl (C=O) groups is 1. The van der Waals surface area contributed by atoms with Crippen LogP contribution in [0.15, 0.2) is 18.3 Å². The summed E-state index contributed by atoms with van der Waals surface area (Å²) in [5.74, 6) is 1.60. The summed E-state index contributed by atoms with van der Waals surface area (Å²) in [6, 6.07) is 4.15. The van der Waals surface area contributed by atoms with E-state index in [1.54, 1.807) is 12.3 Å². The van der Waals surface area contributed by atoms with Crippen LogP contribution in [0.3, 0.4) is 0 Å². The van der Waals surface area contributed by atoms with Crippen LogP contribution in [0.2, 0.25) is 0 Å². The van der Waals surface area contributed by atoms with Crippen molar-refractivity contribution in [3.63, 3.8) is 0 Å². The van der Waals surface area contributed by atoms with E-state index in [-0.39, 0.29) is 11.9 Å². The van der Waals surface area contributed by atoms with E-state index in [1.165, 1.54) is 0 Å². The van der Waals surface area contributed by atoms with Crippen molar-refractivity contribution in [1.82, 2.24) is 20.3 Å². The van der Waals surface area contributed by atoms with Crippen LogP contribution < -0.4 is 15.5 Å². The van der Waals surface area contributed by atoms with Crippen LogP contribution >= 0.6 is 0 Å². The van der Waals surface area contributed by atoms with E-state index in [0.29, 0.717) is 17.6 Å². The Bertz CT molecular complexity index is 843. The molecule has 28 heavy (non-hydrogen) atoms. The van der Waals surface area contributed by atoms with E-state index in [0.717, 1.165) is 48.5 Å². The van der Waals surface area contributed by atoms with Gasteiger partial charge in [-0.2, -0.15) is 4.98 Å². The first-order valence-corrected chi connectivity index (χ1v) is 9.86. The molecule has 1 fully saturated rings. The van der Waals surface area contributed by atoms with Gasteiger partial charge in [0.05, 0.1) is 5.56 Å². The van der Waals surface area contributed by atoms with Gasteiger partial charge >= 0.3 is 0 Å². The lowest BCUT2D eigenvalue weighted by Crippen LogP contribution is -2.40. The van der Waals surface area contributed by atoms with Crippen LogP contribution in [0.5, 0.6) is 0 Å². The molecule has 1 saturated carbocycles. The van der Waals surface area contributed by atoms with Gasteiger partial charge < -0.3 is 15.5 Å². The second-order valence-electron chi connectivity index (χ2n) is 7.78. The molecule has 7 nitrogen and oxygen atoms in total. The molecule has 0 radical (unpaired) electrons. The first-order chi connectivity index (χ1) is 13.3. The Morgan fingerprint density at radius 2 is 1.71 bits per heavy atom. The minimum atomic E-state index is -0.0323. The normalized spacial score (nSPS) is 19.2. The summed E-state index contributed by atoms with van der Waals surface area (Å²) < 4.78 is 0. The molecule has 0 aliphatic heterocycles. The summed E-state index contributed by atoms with van der Waals surface area (Å²) in [5.41, 5.74) is 3.52. The largest absolute Gasteiger partial charge is 0.362 e. The summed E-state index contributed by atoms with van der Waals surface area (Å²) >= 11 is 0. The zero-order valence-corrected chi connectivity index (χ0v) is 17.4. The summed E-state index contributed by atoms with van der Waals surface area (Å²) in [4.78, 5) is 28.0. The fraction of sp³-hybridized carbons (Fsp3) is 0.524. The van der Waals surface area contributed by atoms with Crippen molar-refractivity contribution in [2.45, 2.75) is 58.5 Å². The SMILES string of the molecule is Cc1ncccc1C(=O)NC1CCC(Nc2nc(C)c(C)c(N(C)C)n2)CC1. The Labute approximate surface area is 167 Å². The van der Waals surface area contributed by atoms with Crippen molar-refractivity contribution < 1.29 is 4.79 Å². The number of amides is 1. The van der Waals surface area contributed by atoms with Gasteiger partial charge in [0.15, 0.2) is 0 Å². The third kappa shape index (κ3) is 4.58. The Kier molecular flexibility index (Phi) is 6.11. The third-order valence-corrected chi connectivity index (χ3v) is 5.43. The predicted octanol–water partition coefficient (Wildman–Crippen LogP) is 3.02. The van der Waals surface area contributed by atoms with Gasteiger partial charge in [0.1, 0.15) is 5.82 Å². The maximum atomic E-state index is 12.5. The number of carbonyl (C=O) groups excluding carboxylic acids is 1. The number of nitrogens with zero attached hydrogens (tertiary/aromatic N) is 4. The van der Waals surface area contributed by atoms with Gasteiger partial charge in [-0.15, -0.1) is 0 Å². The van der Waals surface area contributed by atoms with E-state index in [9.17, 15) is 4.79 Å². The van der Waals surface area contributed by atoms with Gasteiger partial charge in [-0.05, 0) is 58.6 Å². The lowest BCUT2D eigenvalue weighted by atomic mass is 9.91. The zero-order valence-electron chi connectivity index (χ0n) is 17.4. The molecule has 0 bridgehead atoms.